The summed E-state index contributed by atoms with van der Waals surface area (Å²) in [5.74, 6) is -0.134. The molecule has 1 aliphatic rings. The highest BCUT2D eigenvalue weighted by Gasteiger charge is 2.21. The van der Waals surface area contributed by atoms with Crippen LogP contribution in [-0.2, 0) is 4.79 Å². The summed E-state index contributed by atoms with van der Waals surface area (Å²) in [5, 5.41) is 5.87. The maximum Gasteiger partial charge on any atom is 0.271 e. The van der Waals surface area contributed by atoms with Crippen LogP contribution in [0.15, 0.2) is 46.9 Å². The molecule has 0 unspecified atom stereocenters. The highest BCUT2D eigenvalue weighted by Crippen LogP contribution is 2.21. The van der Waals surface area contributed by atoms with Crippen molar-refractivity contribution in [2.45, 2.75) is 12.8 Å². The molecule has 112 valence electrons. The number of anilines is 1. The van der Waals surface area contributed by atoms with Gasteiger partial charge in [0.05, 0.1) is 6.21 Å². The third kappa shape index (κ3) is 3.23. The van der Waals surface area contributed by atoms with E-state index in [1.165, 1.54) is 0 Å². The van der Waals surface area contributed by atoms with E-state index >= 15 is 0 Å². The second-order valence-corrected chi connectivity index (χ2v) is 5.89. The number of nitrogens with one attached hydrogen (secondary N) is 1. The second-order valence-electron chi connectivity index (χ2n) is 4.91. The highest BCUT2D eigenvalue weighted by molar-refractivity contribution is 7.11. The van der Waals surface area contributed by atoms with Crippen molar-refractivity contribution in [3.63, 3.8) is 0 Å². The Morgan fingerprint density at radius 2 is 2.09 bits per heavy atom. The van der Waals surface area contributed by atoms with E-state index in [9.17, 15) is 9.59 Å². The topological polar surface area (TPSA) is 61.8 Å². The molecule has 0 saturated carbocycles. The van der Waals surface area contributed by atoms with Crippen LogP contribution in [0.1, 0.15) is 28.1 Å². The number of carbonyl (C=O) groups excluding carboxylic acids is 2. The first-order valence-corrected chi connectivity index (χ1v) is 7.89. The molecule has 0 atom stereocenters. The number of thiophene rings is 1. The van der Waals surface area contributed by atoms with Crippen LogP contribution in [0.25, 0.3) is 0 Å². The van der Waals surface area contributed by atoms with Gasteiger partial charge in [0.25, 0.3) is 5.91 Å². The average Bonchev–Trinajstić information content (AvgIpc) is 3.19. The molecule has 0 aliphatic carbocycles. The first-order chi connectivity index (χ1) is 10.7. The Morgan fingerprint density at radius 3 is 2.73 bits per heavy atom. The van der Waals surface area contributed by atoms with E-state index in [1.807, 2.05) is 17.5 Å². The number of hydrazone groups is 1. The minimum atomic E-state index is -0.271. The fourth-order valence-electron chi connectivity index (χ4n) is 2.30. The predicted octanol–water partition coefficient (Wildman–Crippen LogP) is 2.64. The van der Waals surface area contributed by atoms with Crippen molar-refractivity contribution in [2.24, 2.45) is 5.10 Å². The average molecular weight is 313 g/mol. The Hall–Kier alpha value is -2.47. The minimum absolute atomic E-state index is 0.137. The molecule has 1 N–H and O–H groups in total. The molecule has 2 amide bonds. The molecular formula is C16H15N3O2S. The monoisotopic (exact) mass is 313 g/mol. The van der Waals surface area contributed by atoms with Gasteiger partial charge in [-0.25, -0.2) is 5.43 Å². The number of nitrogens with zero attached hydrogens (tertiary/aromatic N) is 2. The summed E-state index contributed by atoms with van der Waals surface area (Å²) in [6.07, 6.45) is 3.10. The van der Waals surface area contributed by atoms with Gasteiger partial charge >= 0.3 is 0 Å². The minimum Gasteiger partial charge on any atom is -0.312 e. The quantitative estimate of drug-likeness (QED) is 0.697. The molecule has 22 heavy (non-hydrogen) atoms. The molecule has 2 aromatic rings. The number of hydrogen-bond donors (Lipinski definition) is 1. The summed E-state index contributed by atoms with van der Waals surface area (Å²) in [7, 11) is 0. The molecule has 1 fully saturated rings. The summed E-state index contributed by atoms with van der Waals surface area (Å²) in [5.41, 5.74) is 3.84. The van der Waals surface area contributed by atoms with Gasteiger partial charge in [0.2, 0.25) is 5.91 Å². The third-order valence-corrected chi connectivity index (χ3v) is 4.22. The van der Waals surface area contributed by atoms with Crippen molar-refractivity contribution >= 4 is 35.1 Å². The third-order valence-electron chi connectivity index (χ3n) is 3.42. The normalized spacial score (nSPS) is 14.7. The highest BCUT2D eigenvalue weighted by atomic mass is 32.1. The lowest BCUT2D eigenvalue weighted by molar-refractivity contribution is -0.117. The molecule has 0 radical (unpaired) electrons. The Morgan fingerprint density at radius 1 is 1.27 bits per heavy atom. The summed E-state index contributed by atoms with van der Waals surface area (Å²) in [6, 6.07) is 10.8. The van der Waals surface area contributed by atoms with Crippen LogP contribution in [0.4, 0.5) is 5.69 Å². The van der Waals surface area contributed by atoms with Crippen LogP contribution in [0, 0.1) is 0 Å². The first-order valence-electron chi connectivity index (χ1n) is 7.01. The number of benzene rings is 1. The molecule has 6 heteroatoms. The van der Waals surface area contributed by atoms with Crippen LogP contribution in [0.2, 0.25) is 0 Å². The Labute approximate surface area is 132 Å². The Bertz CT molecular complexity index is 693. The summed E-state index contributed by atoms with van der Waals surface area (Å²) >= 11 is 1.55. The Kier molecular flexibility index (Phi) is 4.29. The van der Waals surface area contributed by atoms with E-state index in [0.717, 1.165) is 23.5 Å². The second kappa shape index (κ2) is 6.53. The molecule has 5 nitrogen and oxygen atoms in total. The van der Waals surface area contributed by atoms with Gasteiger partial charge in [-0.1, -0.05) is 6.07 Å². The zero-order chi connectivity index (χ0) is 15.4. The van der Waals surface area contributed by atoms with Gasteiger partial charge in [-0.2, -0.15) is 5.10 Å². The van der Waals surface area contributed by atoms with Gasteiger partial charge in [0, 0.05) is 29.1 Å². The lowest BCUT2D eigenvalue weighted by Gasteiger charge is -2.15. The Balaban J connectivity index is 1.62. The van der Waals surface area contributed by atoms with E-state index in [4.69, 9.17) is 0 Å². The van der Waals surface area contributed by atoms with Crippen molar-refractivity contribution in [1.29, 1.82) is 0 Å². The predicted molar refractivity (Wildman–Crippen MR) is 87.4 cm³/mol. The van der Waals surface area contributed by atoms with E-state index < -0.39 is 0 Å². The zero-order valence-corrected chi connectivity index (χ0v) is 12.7. The van der Waals surface area contributed by atoms with Crippen molar-refractivity contribution in [1.82, 2.24) is 5.43 Å². The summed E-state index contributed by atoms with van der Waals surface area (Å²) in [4.78, 5) is 26.4. The van der Waals surface area contributed by atoms with Crippen molar-refractivity contribution in [3.05, 3.63) is 52.2 Å². The number of carbonyl (C=O) groups is 2. The molecule has 1 aromatic carbocycles. The lowest BCUT2D eigenvalue weighted by Crippen LogP contribution is -2.24. The smallest absolute Gasteiger partial charge is 0.271 e. The van der Waals surface area contributed by atoms with Crippen LogP contribution < -0.4 is 10.3 Å². The maximum absolute atomic E-state index is 12.0. The van der Waals surface area contributed by atoms with Crippen LogP contribution in [0.3, 0.4) is 0 Å². The van der Waals surface area contributed by atoms with Crippen LogP contribution in [-0.4, -0.2) is 24.6 Å². The molecule has 3 rings (SSSR count). The van der Waals surface area contributed by atoms with Crippen LogP contribution >= 0.6 is 11.3 Å². The van der Waals surface area contributed by atoms with E-state index in [0.29, 0.717) is 12.0 Å². The van der Waals surface area contributed by atoms with Gasteiger partial charge in [-0.05, 0) is 42.1 Å². The molecule has 1 aromatic heterocycles. The largest absolute Gasteiger partial charge is 0.312 e. The maximum atomic E-state index is 12.0. The fourth-order valence-corrected chi connectivity index (χ4v) is 2.88. The molecule has 0 bridgehead atoms. The number of rotatable bonds is 4. The van der Waals surface area contributed by atoms with Crippen molar-refractivity contribution in [2.75, 3.05) is 11.4 Å². The number of hydrogen-bond acceptors (Lipinski definition) is 4. The standard InChI is InChI=1S/C16H15N3O2S/c20-15-4-1-9-19(15)13-7-5-12(6-8-13)16(21)18-17-11-14-3-2-10-22-14/h2-3,5-8,10-11H,1,4,9H2,(H,18,21)/b17-11-. The fraction of sp³-hybridized carbons (Fsp3) is 0.188. The van der Waals surface area contributed by atoms with Gasteiger partial charge < -0.3 is 4.90 Å². The van der Waals surface area contributed by atoms with E-state index in [-0.39, 0.29) is 11.8 Å². The van der Waals surface area contributed by atoms with Gasteiger partial charge in [0.1, 0.15) is 0 Å². The van der Waals surface area contributed by atoms with Crippen molar-refractivity contribution in [3.8, 4) is 0 Å². The van der Waals surface area contributed by atoms with E-state index in [1.54, 1.807) is 46.7 Å². The SMILES string of the molecule is O=C(N/N=C\c1cccs1)c1ccc(N2CCCC2=O)cc1. The summed E-state index contributed by atoms with van der Waals surface area (Å²) in [6.45, 7) is 0.746. The molecule has 0 spiro atoms. The van der Waals surface area contributed by atoms with Crippen LogP contribution in [0.5, 0.6) is 0 Å². The molecule has 1 saturated heterocycles. The number of amides is 2. The van der Waals surface area contributed by atoms with Gasteiger partial charge in [-0.15, -0.1) is 11.3 Å². The zero-order valence-electron chi connectivity index (χ0n) is 11.9. The molecular weight excluding hydrogens is 298 g/mol. The molecule has 1 aliphatic heterocycles. The first kappa shape index (κ1) is 14.5. The van der Waals surface area contributed by atoms with E-state index in [2.05, 4.69) is 10.5 Å². The summed E-state index contributed by atoms with van der Waals surface area (Å²) < 4.78 is 0. The van der Waals surface area contributed by atoms with Gasteiger partial charge in [-0.3, -0.25) is 9.59 Å². The molecule has 2 heterocycles. The lowest BCUT2D eigenvalue weighted by atomic mass is 10.2. The van der Waals surface area contributed by atoms with Gasteiger partial charge in [0.15, 0.2) is 0 Å². The van der Waals surface area contributed by atoms with Crippen molar-refractivity contribution < 1.29 is 9.59 Å².